The molecule has 1 fully saturated rings. The van der Waals surface area contributed by atoms with E-state index in [1.807, 2.05) is 64.6 Å². The van der Waals surface area contributed by atoms with Crippen molar-refractivity contribution in [3.63, 3.8) is 0 Å². The Bertz CT molecular complexity index is 1970. The molecule has 1 atom stereocenters. The van der Waals surface area contributed by atoms with Crippen molar-refractivity contribution in [3.05, 3.63) is 77.2 Å². The number of nitrogens with zero attached hydrogens (tertiary/aromatic N) is 5. The Morgan fingerprint density at radius 3 is 2.43 bits per heavy atom. The van der Waals surface area contributed by atoms with E-state index in [9.17, 15) is 18.0 Å². The van der Waals surface area contributed by atoms with E-state index in [2.05, 4.69) is 16.0 Å². The fourth-order valence-electron chi connectivity index (χ4n) is 6.15. The van der Waals surface area contributed by atoms with E-state index in [0.717, 1.165) is 64.6 Å². The third kappa shape index (κ3) is 7.19. The van der Waals surface area contributed by atoms with Gasteiger partial charge in [-0.05, 0) is 102 Å². The number of halogens is 3. The molecule has 3 aromatic heterocycles. The van der Waals surface area contributed by atoms with Gasteiger partial charge in [0.25, 0.3) is 0 Å². The summed E-state index contributed by atoms with van der Waals surface area (Å²) in [6.45, 7) is 12.8. The number of rotatable bonds is 7. The zero-order chi connectivity index (χ0) is 35.1. The minimum atomic E-state index is -4.42. The first-order chi connectivity index (χ1) is 23.2. The van der Waals surface area contributed by atoms with Crippen molar-refractivity contribution >= 4 is 17.0 Å². The molecule has 0 aliphatic carbocycles. The van der Waals surface area contributed by atoms with Crippen molar-refractivity contribution in [2.45, 2.75) is 85.4 Å². The quantitative estimate of drug-likeness (QED) is 0.185. The Kier molecular flexibility index (Phi) is 9.27. The van der Waals surface area contributed by atoms with Gasteiger partial charge in [0.2, 0.25) is 0 Å². The number of aromatic nitrogens is 5. The summed E-state index contributed by atoms with van der Waals surface area (Å²) in [6.07, 6.45) is 1.40. The highest BCUT2D eigenvalue weighted by molar-refractivity contribution is 5.95. The van der Waals surface area contributed by atoms with E-state index in [4.69, 9.17) is 19.6 Å². The monoisotopic (exact) mass is 674 g/mol. The number of H-pyrrole nitrogens is 1. The summed E-state index contributed by atoms with van der Waals surface area (Å²) in [4.78, 5) is 27.3. The topological polar surface area (TPSA) is 98.2 Å². The lowest BCUT2D eigenvalue weighted by Crippen LogP contribution is -2.36. The molecule has 1 unspecified atom stereocenters. The van der Waals surface area contributed by atoms with Gasteiger partial charge in [0.15, 0.2) is 12.1 Å². The van der Waals surface area contributed by atoms with Gasteiger partial charge in [0, 0.05) is 47.8 Å². The molecule has 6 rings (SSSR count). The number of amides is 1. The van der Waals surface area contributed by atoms with Gasteiger partial charge in [0.05, 0.1) is 23.3 Å². The number of pyridine rings is 1. The maximum absolute atomic E-state index is 13.2. The third-order valence-corrected chi connectivity index (χ3v) is 8.75. The minimum Gasteiger partial charge on any atom is -0.444 e. The number of benzene rings is 2. The fourth-order valence-corrected chi connectivity index (χ4v) is 6.15. The Balaban J connectivity index is 1.41. The molecule has 49 heavy (non-hydrogen) atoms. The maximum atomic E-state index is 13.2. The van der Waals surface area contributed by atoms with Crippen LogP contribution in [0, 0.1) is 13.8 Å². The summed E-state index contributed by atoms with van der Waals surface area (Å²) >= 11 is 0. The second kappa shape index (κ2) is 13.3. The van der Waals surface area contributed by atoms with Crippen molar-refractivity contribution in [2.24, 2.45) is 0 Å². The van der Waals surface area contributed by atoms with Gasteiger partial charge in [-0.2, -0.15) is 18.3 Å². The molecule has 1 aliphatic rings. The van der Waals surface area contributed by atoms with E-state index >= 15 is 0 Å². The molecule has 0 spiro atoms. The number of hydrogen-bond donors (Lipinski definition) is 1. The van der Waals surface area contributed by atoms with Crippen LogP contribution in [0.1, 0.15) is 75.6 Å². The molecule has 0 radical (unpaired) electrons. The molecule has 1 saturated heterocycles. The Hall–Kier alpha value is -4.71. The number of carbonyl (C=O) groups is 1. The standard InChI is InChI=1S/C37H41F3N6O3/c1-7-45(35(47)49-36(4,5)6)21-26-19-41-20-29(22(26)2)25-13-16-30-28(18-25)33(44-46(30)31-10-8-9-17-48-31)34-42-23(3)32(43-34)24-11-14-27(15-12-24)37(38,39)40/h11-16,18-20,31H,7-10,17,21H2,1-6H3,(H,42,43). The summed E-state index contributed by atoms with van der Waals surface area (Å²) in [7, 11) is 0. The van der Waals surface area contributed by atoms with Crippen LogP contribution in [0.3, 0.4) is 0 Å². The fraction of sp³-hybridized carbons (Fsp3) is 0.405. The summed E-state index contributed by atoms with van der Waals surface area (Å²) in [6, 6.07) is 11.1. The first-order valence-electron chi connectivity index (χ1n) is 16.5. The van der Waals surface area contributed by atoms with Crippen LogP contribution in [-0.2, 0) is 22.2 Å². The minimum absolute atomic E-state index is 0.235. The van der Waals surface area contributed by atoms with Gasteiger partial charge in [0.1, 0.15) is 11.3 Å². The number of alkyl halides is 3. The molecule has 9 nitrogen and oxygen atoms in total. The van der Waals surface area contributed by atoms with Crippen LogP contribution in [-0.4, -0.2) is 54.5 Å². The molecular weight excluding hydrogens is 633 g/mol. The zero-order valence-corrected chi connectivity index (χ0v) is 28.6. The van der Waals surface area contributed by atoms with Crippen LogP contribution >= 0.6 is 0 Å². The van der Waals surface area contributed by atoms with Crippen LogP contribution in [0.4, 0.5) is 18.0 Å². The molecule has 1 N–H and O–H groups in total. The molecular formula is C37H41F3N6O3. The SMILES string of the molecule is CCN(Cc1cncc(-c2ccc3c(c2)c(-c2nc(-c4ccc(C(F)(F)F)cc4)c(C)[nH]2)nn3C2CCCCO2)c1C)C(=O)OC(C)(C)C. The number of ether oxygens (including phenoxy) is 2. The number of aromatic amines is 1. The van der Waals surface area contributed by atoms with Crippen molar-refractivity contribution < 1.29 is 27.4 Å². The van der Waals surface area contributed by atoms with Gasteiger partial charge in [-0.15, -0.1) is 0 Å². The molecule has 1 amide bonds. The van der Waals surface area contributed by atoms with Gasteiger partial charge < -0.3 is 19.4 Å². The van der Waals surface area contributed by atoms with Gasteiger partial charge in [-0.25, -0.2) is 14.5 Å². The molecule has 0 bridgehead atoms. The van der Waals surface area contributed by atoms with Gasteiger partial charge in [-0.3, -0.25) is 4.98 Å². The summed E-state index contributed by atoms with van der Waals surface area (Å²) in [5.74, 6) is 0.503. The van der Waals surface area contributed by atoms with E-state index in [1.54, 1.807) is 11.1 Å². The van der Waals surface area contributed by atoms with E-state index in [1.165, 1.54) is 12.1 Å². The normalized spacial score (nSPS) is 15.5. The molecule has 1 aliphatic heterocycles. The average Bonchev–Trinajstić information content (AvgIpc) is 3.63. The second-order valence-corrected chi connectivity index (χ2v) is 13.4. The molecule has 4 heterocycles. The first kappa shape index (κ1) is 34.2. The van der Waals surface area contributed by atoms with Crippen LogP contribution in [0.5, 0.6) is 0 Å². The summed E-state index contributed by atoms with van der Waals surface area (Å²) in [5.41, 5.74) is 5.70. The van der Waals surface area contributed by atoms with Gasteiger partial charge >= 0.3 is 12.3 Å². The smallest absolute Gasteiger partial charge is 0.416 e. The summed E-state index contributed by atoms with van der Waals surface area (Å²) < 4.78 is 53.3. The molecule has 0 saturated carbocycles. The number of hydrogen-bond acceptors (Lipinski definition) is 6. The molecule has 12 heteroatoms. The largest absolute Gasteiger partial charge is 0.444 e. The van der Waals surface area contributed by atoms with Crippen LogP contribution in [0.25, 0.3) is 44.8 Å². The summed E-state index contributed by atoms with van der Waals surface area (Å²) in [5, 5.41) is 5.87. The van der Waals surface area contributed by atoms with Crippen LogP contribution in [0.2, 0.25) is 0 Å². The van der Waals surface area contributed by atoms with Crippen molar-refractivity contribution in [2.75, 3.05) is 13.2 Å². The maximum Gasteiger partial charge on any atom is 0.416 e. The average molecular weight is 675 g/mol. The van der Waals surface area contributed by atoms with Crippen molar-refractivity contribution in [1.29, 1.82) is 0 Å². The van der Waals surface area contributed by atoms with E-state index in [-0.39, 0.29) is 12.3 Å². The Labute approximate surface area is 283 Å². The lowest BCUT2D eigenvalue weighted by molar-refractivity contribution is -0.137. The Morgan fingerprint density at radius 1 is 1.04 bits per heavy atom. The highest BCUT2D eigenvalue weighted by atomic mass is 19.4. The highest BCUT2D eigenvalue weighted by Gasteiger charge is 2.30. The number of carbonyl (C=O) groups excluding carboxylic acids is 1. The van der Waals surface area contributed by atoms with Crippen molar-refractivity contribution in [3.8, 4) is 33.9 Å². The lowest BCUT2D eigenvalue weighted by atomic mass is 9.97. The number of nitrogens with one attached hydrogen (secondary N) is 1. The molecule has 2 aromatic carbocycles. The Morgan fingerprint density at radius 2 is 1.78 bits per heavy atom. The molecule has 258 valence electrons. The van der Waals surface area contributed by atoms with E-state index in [0.29, 0.717) is 48.2 Å². The number of imidazole rings is 1. The zero-order valence-electron chi connectivity index (χ0n) is 28.6. The van der Waals surface area contributed by atoms with E-state index < -0.39 is 17.3 Å². The predicted octanol–water partition coefficient (Wildman–Crippen LogP) is 9.25. The highest BCUT2D eigenvalue weighted by Crippen LogP contribution is 2.37. The number of fused-ring (bicyclic) bond motifs is 1. The molecule has 5 aromatic rings. The third-order valence-electron chi connectivity index (χ3n) is 8.75. The number of aryl methyl sites for hydroxylation is 1. The van der Waals surface area contributed by atoms with Gasteiger partial charge in [-0.1, -0.05) is 18.2 Å². The first-order valence-corrected chi connectivity index (χ1v) is 16.5. The van der Waals surface area contributed by atoms with Crippen molar-refractivity contribution in [1.82, 2.24) is 29.6 Å². The second-order valence-electron chi connectivity index (χ2n) is 13.4. The van der Waals surface area contributed by atoms with Crippen LogP contribution < -0.4 is 0 Å². The predicted molar refractivity (Wildman–Crippen MR) is 182 cm³/mol. The van der Waals surface area contributed by atoms with Crippen LogP contribution in [0.15, 0.2) is 54.9 Å². The lowest BCUT2D eigenvalue weighted by Gasteiger charge is -2.27.